The Kier molecular flexibility index (Phi) is 4.79. The fraction of sp³-hybridized carbons (Fsp3) is 0.385. The van der Waals surface area contributed by atoms with E-state index < -0.39 is 0 Å². The molecule has 1 unspecified atom stereocenters. The third-order valence-corrected chi connectivity index (χ3v) is 3.87. The summed E-state index contributed by atoms with van der Waals surface area (Å²) in [7, 11) is 0. The normalized spacial score (nSPS) is 18.8. The molecule has 0 bridgehead atoms. The van der Waals surface area contributed by atoms with Gasteiger partial charge in [-0.3, -0.25) is 9.59 Å². The number of rotatable bonds is 4. The minimum atomic E-state index is -0.315. The van der Waals surface area contributed by atoms with Crippen LogP contribution in [0.5, 0.6) is 0 Å². The summed E-state index contributed by atoms with van der Waals surface area (Å²) in [5.74, 6) is -0.267. The van der Waals surface area contributed by atoms with Crippen LogP contribution in [-0.2, 0) is 9.59 Å². The fourth-order valence-corrected chi connectivity index (χ4v) is 2.58. The Balaban J connectivity index is 1.76. The lowest BCUT2D eigenvalue weighted by Crippen LogP contribution is -2.48. The van der Waals surface area contributed by atoms with Crippen molar-refractivity contribution < 1.29 is 14.0 Å². The van der Waals surface area contributed by atoms with E-state index in [1.54, 1.807) is 18.2 Å². The minimum absolute atomic E-state index is 0.0197. The van der Waals surface area contributed by atoms with Crippen LogP contribution in [0.1, 0.15) is 12.8 Å². The number of piperidine rings is 1. The number of benzene rings is 1. The van der Waals surface area contributed by atoms with Crippen LogP contribution in [0.3, 0.4) is 0 Å². The lowest BCUT2D eigenvalue weighted by molar-refractivity contribution is -0.124. The van der Waals surface area contributed by atoms with Crippen LogP contribution in [0, 0.1) is 5.82 Å². The van der Waals surface area contributed by atoms with Crippen LogP contribution in [-0.4, -0.2) is 30.2 Å². The van der Waals surface area contributed by atoms with Crippen LogP contribution in [0.25, 0.3) is 0 Å². The van der Waals surface area contributed by atoms with E-state index in [1.165, 1.54) is 17.8 Å². The third-order valence-electron chi connectivity index (χ3n) is 2.83. The molecule has 1 atom stereocenters. The maximum atomic E-state index is 13.3. The SMILES string of the molecule is O=C1CCC(NC(=O)CSc2ccccc2F)CN1. The Morgan fingerprint density at radius 2 is 2.26 bits per heavy atom. The van der Waals surface area contributed by atoms with Crippen LogP contribution in [0.4, 0.5) is 4.39 Å². The summed E-state index contributed by atoms with van der Waals surface area (Å²) in [5, 5.41) is 5.53. The van der Waals surface area contributed by atoms with Crippen molar-refractivity contribution in [1.82, 2.24) is 10.6 Å². The molecule has 1 saturated heterocycles. The van der Waals surface area contributed by atoms with Gasteiger partial charge in [-0.05, 0) is 18.6 Å². The molecule has 0 aromatic heterocycles. The Morgan fingerprint density at radius 3 is 2.95 bits per heavy atom. The average molecular weight is 282 g/mol. The molecule has 1 aromatic rings. The first-order chi connectivity index (χ1) is 9.15. The Bertz CT molecular complexity index is 471. The molecule has 102 valence electrons. The van der Waals surface area contributed by atoms with Gasteiger partial charge in [-0.1, -0.05) is 12.1 Å². The zero-order chi connectivity index (χ0) is 13.7. The molecule has 0 spiro atoms. The molecule has 0 aliphatic carbocycles. The molecule has 0 saturated carbocycles. The number of amides is 2. The van der Waals surface area contributed by atoms with Crippen molar-refractivity contribution >= 4 is 23.6 Å². The predicted molar refractivity (Wildman–Crippen MR) is 71.3 cm³/mol. The summed E-state index contributed by atoms with van der Waals surface area (Å²) >= 11 is 1.17. The predicted octanol–water partition coefficient (Wildman–Crippen LogP) is 1.31. The van der Waals surface area contributed by atoms with Crippen molar-refractivity contribution in [3.8, 4) is 0 Å². The largest absolute Gasteiger partial charge is 0.354 e. The second kappa shape index (κ2) is 6.56. The second-order valence-electron chi connectivity index (χ2n) is 4.33. The smallest absolute Gasteiger partial charge is 0.230 e. The van der Waals surface area contributed by atoms with Gasteiger partial charge in [0.25, 0.3) is 0 Å². The highest BCUT2D eigenvalue weighted by molar-refractivity contribution is 8.00. The van der Waals surface area contributed by atoms with E-state index in [2.05, 4.69) is 10.6 Å². The molecule has 6 heteroatoms. The first-order valence-electron chi connectivity index (χ1n) is 6.08. The molecule has 1 aliphatic heterocycles. The van der Waals surface area contributed by atoms with Crippen molar-refractivity contribution in [3.63, 3.8) is 0 Å². The average Bonchev–Trinajstić information content (AvgIpc) is 2.40. The van der Waals surface area contributed by atoms with E-state index in [-0.39, 0.29) is 29.4 Å². The van der Waals surface area contributed by atoms with E-state index in [0.29, 0.717) is 24.3 Å². The quantitative estimate of drug-likeness (QED) is 0.819. The van der Waals surface area contributed by atoms with Gasteiger partial charge in [0.1, 0.15) is 5.82 Å². The van der Waals surface area contributed by atoms with Gasteiger partial charge in [-0.25, -0.2) is 4.39 Å². The van der Waals surface area contributed by atoms with E-state index in [4.69, 9.17) is 0 Å². The minimum Gasteiger partial charge on any atom is -0.354 e. The number of carbonyl (C=O) groups excluding carboxylic acids is 2. The van der Waals surface area contributed by atoms with Crippen molar-refractivity contribution in [1.29, 1.82) is 0 Å². The summed E-state index contributed by atoms with van der Waals surface area (Å²) < 4.78 is 13.3. The highest BCUT2D eigenvalue weighted by Gasteiger charge is 2.19. The standard InChI is InChI=1S/C13H15FN2O2S/c14-10-3-1-2-4-11(10)19-8-13(18)16-9-5-6-12(17)15-7-9/h1-4,9H,5-8H2,(H,15,17)(H,16,18). The molecule has 1 aliphatic rings. The van der Waals surface area contributed by atoms with E-state index in [9.17, 15) is 14.0 Å². The van der Waals surface area contributed by atoms with Gasteiger partial charge in [-0.15, -0.1) is 11.8 Å². The van der Waals surface area contributed by atoms with Crippen LogP contribution in [0.15, 0.2) is 29.2 Å². The van der Waals surface area contributed by atoms with Gasteiger partial charge >= 0.3 is 0 Å². The van der Waals surface area contributed by atoms with Crippen molar-refractivity contribution in [2.45, 2.75) is 23.8 Å². The molecule has 2 amide bonds. The molecule has 1 fully saturated rings. The number of hydrogen-bond acceptors (Lipinski definition) is 3. The Labute approximate surface area is 115 Å². The number of thioether (sulfide) groups is 1. The summed E-state index contributed by atoms with van der Waals surface area (Å²) in [6, 6.07) is 6.35. The molecular weight excluding hydrogens is 267 g/mol. The number of hydrogen-bond donors (Lipinski definition) is 2. The zero-order valence-corrected chi connectivity index (χ0v) is 11.1. The van der Waals surface area contributed by atoms with Crippen LogP contribution in [0.2, 0.25) is 0 Å². The maximum Gasteiger partial charge on any atom is 0.230 e. The highest BCUT2D eigenvalue weighted by Crippen LogP contribution is 2.20. The van der Waals surface area contributed by atoms with Gasteiger partial charge in [0.15, 0.2) is 0 Å². The molecule has 2 rings (SSSR count). The van der Waals surface area contributed by atoms with E-state index in [1.807, 2.05) is 0 Å². The molecule has 0 radical (unpaired) electrons. The summed E-state index contributed by atoms with van der Waals surface area (Å²) in [6.07, 6.45) is 1.09. The molecule has 1 heterocycles. The van der Waals surface area contributed by atoms with Gasteiger partial charge in [0.2, 0.25) is 11.8 Å². The molecule has 4 nitrogen and oxygen atoms in total. The van der Waals surface area contributed by atoms with Crippen LogP contribution < -0.4 is 10.6 Å². The maximum absolute atomic E-state index is 13.3. The Hall–Kier alpha value is -1.56. The summed E-state index contributed by atoms with van der Waals surface area (Å²) in [6.45, 7) is 0.467. The molecule has 19 heavy (non-hydrogen) atoms. The molecule has 2 N–H and O–H groups in total. The summed E-state index contributed by atoms with van der Waals surface area (Å²) in [5.41, 5.74) is 0. The fourth-order valence-electron chi connectivity index (χ4n) is 1.83. The monoisotopic (exact) mass is 282 g/mol. The first-order valence-corrected chi connectivity index (χ1v) is 7.07. The lowest BCUT2D eigenvalue weighted by atomic mass is 10.1. The van der Waals surface area contributed by atoms with E-state index in [0.717, 1.165) is 0 Å². The van der Waals surface area contributed by atoms with Crippen molar-refractivity contribution in [2.24, 2.45) is 0 Å². The van der Waals surface area contributed by atoms with Crippen molar-refractivity contribution in [3.05, 3.63) is 30.1 Å². The summed E-state index contributed by atoms with van der Waals surface area (Å²) in [4.78, 5) is 23.2. The second-order valence-corrected chi connectivity index (χ2v) is 5.34. The van der Waals surface area contributed by atoms with Gasteiger partial charge in [0.05, 0.1) is 5.75 Å². The first kappa shape index (κ1) is 13.9. The zero-order valence-electron chi connectivity index (χ0n) is 10.3. The third kappa shape index (κ3) is 4.24. The number of nitrogens with one attached hydrogen (secondary N) is 2. The van der Waals surface area contributed by atoms with Gasteiger partial charge in [-0.2, -0.15) is 0 Å². The number of carbonyl (C=O) groups is 2. The van der Waals surface area contributed by atoms with Gasteiger partial charge < -0.3 is 10.6 Å². The lowest BCUT2D eigenvalue weighted by Gasteiger charge is -2.23. The van der Waals surface area contributed by atoms with Crippen LogP contribution >= 0.6 is 11.8 Å². The van der Waals surface area contributed by atoms with Gasteiger partial charge in [0, 0.05) is 23.9 Å². The molecule has 1 aromatic carbocycles. The topological polar surface area (TPSA) is 58.2 Å². The Morgan fingerprint density at radius 1 is 1.47 bits per heavy atom. The number of halogens is 1. The molecular formula is C13H15FN2O2S. The van der Waals surface area contributed by atoms with Crippen molar-refractivity contribution in [2.75, 3.05) is 12.3 Å². The highest BCUT2D eigenvalue weighted by atomic mass is 32.2. The van der Waals surface area contributed by atoms with E-state index >= 15 is 0 Å².